The van der Waals surface area contributed by atoms with Crippen LogP contribution in [0.4, 0.5) is 0 Å². The van der Waals surface area contributed by atoms with Crippen molar-refractivity contribution in [1.29, 1.82) is 0 Å². The molecule has 0 aliphatic rings. The maximum Gasteiger partial charge on any atom is 0.223 e. The van der Waals surface area contributed by atoms with Crippen molar-refractivity contribution in [3.8, 4) is 11.5 Å². The van der Waals surface area contributed by atoms with Gasteiger partial charge in [0, 0.05) is 13.0 Å². The van der Waals surface area contributed by atoms with Crippen LogP contribution in [-0.4, -0.2) is 23.3 Å². The van der Waals surface area contributed by atoms with Crippen molar-refractivity contribution in [3.05, 3.63) is 35.5 Å². The van der Waals surface area contributed by atoms with Crippen LogP contribution in [0.25, 0.3) is 0 Å². The van der Waals surface area contributed by atoms with Gasteiger partial charge in [0.25, 0.3) is 0 Å². The molecule has 2 N–H and O–H groups in total. The third-order valence-electron chi connectivity index (χ3n) is 2.74. The predicted octanol–water partition coefficient (Wildman–Crippen LogP) is 1.86. The molecule has 2 aromatic rings. The number of para-hydroxylation sites is 1. The lowest BCUT2D eigenvalue weighted by atomic mass is 10.1. The Labute approximate surface area is 117 Å². The first-order valence-corrected chi connectivity index (χ1v) is 6.43. The van der Waals surface area contributed by atoms with Crippen molar-refractivity contribution in [1.82, 2.24) is 10.1 Å². The van der Waals surface area contributed by atoms with Crippen LogP contribution in [0.15, 0.2) is 22.7 Å². The number of benzene rings is 1. The van der Waals surface area contributed by atoms with Crippen LogP contribution >= 0.6 is 0 Å². The van der Waals surface area contributed by atoms with E-state index in [9.17, 15) is 0 Å². The van der Waals surface area contributed by atoms with Gasteiger partial charge in [-0.15, -0.1) is 0 Å². The molecule has 0 aliphatic heterocycles. The molecular weight excluding hydrogens is 258 g/mol. The monoisotopic (exact) mass is 277 g/mol. The second-order valence-corrected chi connectivity index (χ2v) is 4.65. The number of methoxy groups -OCH3 is 1. The Bertz CT molecular complexity index is 567. The van der Waals surface area contributed by atoms with Crippen molar-refractivity contribution >= 4 is 0 Å². The van der Waals surface area contributed by atoms with E-state index in [-0.39, 0.29) is 12.6 Å². The molecule has 0 radical (unpaired) electrons. The average Bonchev–Trinajstić information content (AvgIpc) is 2.82. The fourth-order valence-electron chi connectivity index (χ4n) is 1.93. The quantitative estimate of drug-likeness (QED) is 0.867. The molecule has 1 aromatic heterocycles. The highest BCUT2D eigenvalue weighted by molar-refractivity contribution is 5.47. The van der Waals surface area contributed by atoms with Gasteiger partial charge in [-0.3, -0.25) is 0 Å². The number of rotatable bonds is 6. The standard InChI is InChI=1S/C14H19N3O3/c1-9(15)7-11-5-4-6-12(18-3)14(11)19-8-13-16-10(2)20-17-13/h4-6,9H,7-8,15H2,1-3H3. The van der Waals surface area contributed by atoms with E-state index < -0.39 is 0 Å². The maximum absolute atomic E-state index is 5.86. The van der Waals surface area contributed by atoms with Gasteiger partial charge in [0.1, 0.15) is 0 Å². The highest BCUT2D eigenvalue weighted by atomic mass is 16.5. The molecule has 1 heterocycles. The summed E-state index contributed by atoms with van der Waals surface area (Å²) in [5, 5.41) is 3.80. The summed E-state index contributed by atoms with van der Waals surface area (Å²) in [7, 11) is 1.61. The van der Waals surface area contributed by atoms with Gasteiger partial charge in [0.05, 0.1) is 7.11 Å². The van der Waals surface area contributed by atoms with Crippen LogP contribution in [0.2, 0.25) is 0 Å². The van der Waals surface area contributed by atoms with Gasteiger partial charge in [-0.25, -0.2) is 0 Å². The van der Waals surface area contributed by atoms with Crippen LogP contribution in [0.1, 0.15) is 24.2 Å². The predicted molar refractivity (Wildman–Crippen MR) is 73.7 cm³/mol. The Morgan fingerprint density at radius 2 is 2.20 bits per heavy atom. The molecule has 2 rings (SSSR count). The number of aryl methyl sites for hydroxylation is 1. The summed E-state index contributed by atoms with van der Waals surface area (Å²) in [6, 6.07) is 5.78. The Balaban J connectivity index is 2.19. The fraction of sp³-hybridized carbons (Fsp3) is 0.429. The van der Waals surface area contributed by atoms with Crippen LogP contribution in [0.5, 0.6) is 11.5 Å². The number of nitrogens with zero attached hydrogens (tertiary/aromatic N) is 2. The Morgan fingerprint density at radius 1 is 1.40 bits per heavy atom. The first-order valence-electron chi connectivity index (χ1n) is 6.43. The molecule has 1 unspecified atom stereocenters. The van der Waals surface area contributed by atoms with Crippen molar-refractivity contribution < 1.29 is 14.0 Å². The lowest BCUT2D eigenvalue weighted by Crippen LogP contribution is -2.18. The number of hydrogen-bond acceptors (Lipinski definition) is 6. The second kappa shape index (κ2) is 6.38. The van der Waals surface area contributed by atoms with Gasteiger partial charge >= 0.3 is 0 Å². The van der Waals surface area contributed by atoms with Crippen LogP contribution in [0.3, 0.4) is 0 Å². The van der Waals surface area contributed by atoms with Crippen LogP contribution in [-0.2, 0) is 13.0 Å². The first-order chi connectivity index (χ1) is 9.60. The fourth-order valence-corrected chi connectivity index (χ4v) is 1.93. The second-order valence-electron chi connectivity index (χ2n) is 4.65. The Hall–Kier alpha value is -2.08. The normalized spacial score (nSPS) is 12.2. The summed E-state index contributed by atoms with van der Waals surface area (Å²) >= 11 is 0. The van der Waals surface area contributed by atoms with E-state index >= 15 is 0 Å². The van der Waals surface area contributed by atoms with Gasteiger partial charge in [-0.05, 0) is 25.0 Å². The van der Waals surface area contributed by atoms with E-state index in [0.29, 0.717) is 29.6 Å². The number of ether oxygens (including phenoxy) is 2. The summed E-state index contributed by atoms with van der Waals surface area (Å²) < 4.78 is 16.0. The summed E-state index contributed by atoms with van der Waals surface area (Å²) in [5.41, 5.74) is 6.86. The van der Waals surface area contributed by atoms with Gasteiger partial charge in [0.2, 0.25) is 11.7 Å². The zero-order chi connectivity index (χ0) is 14.5. The highest BCUT2D eigenvalue weighted by Crippen LogP contribution is 2.32. The zero-order valence-electron chi connectivity index (χ0n) is 11.9. The molecule has 0 bridgehead atoms. The largest absolute Gasteiger partial charge is 0.493 e. The lowest BCUT2D eigenvalue weighted by molar-refractivity contribution is 0.266. The van der Waals surface area contributed by atoms with E-state index in [1.807, 2.05) is 25.1 Å². The molecule has 20 heavy (non-hydrogen) atoms. The van der Waals surface area contributed by atoms with Crippen molar-refractivity contribution in [2.75, 3.05) is 7.11 Å². The zero-order valence-corrected chi connectivity index (χ0v) is 11.9. The van der Waals surface area contributed by atoms with Gasteiger partial charge < -0.3 is 19.7 Å². The third-order valence-corrected chi connectivity index (χ3v) is 2.74. The lowest BCUT2D eigenvalue weighted by Gasteiger charge is -2.15. The SMILES string of the molecule is COc1cccc(CC(C)N)c1OCc1noc(C)n1. The highest BCUT2D eigenvalue weighted by Gasteiger charge is 2.13. The minimum absolute atomic E-state index is 0.0388. The van der Waals surface area contributed by atoms with Crippen molar-refractivity contribution in [2.45, 2.75) is 32.9 Å². The molecule has 6 nitrogen and oxygen atoms in total. The molecule has 108 valence electrons. The number of hydrogen-bond donors (Lipinski definition) is 1. The smallest absolute Gasteiger partial charge is 0.223 e. The van der Waals surface area contributed by atoms with E-state index in [4.69, 9.17) is 19.7 Å². The number of nitrogens with two attached hydrogens (primary N) is 1. The molecule has 0 spiro atoms. The van der Waals surface area contributed by atoms with Gasteiger partial charge in [-0.1, -0.05) is 17.3 Å². The number of aromatic nitrogens is 2. The molecule has 0 fully saturated rings. The van der Waals surface area contributed by atoms with E-state index in [2.05, 4.69) is 10.1 Å². The molecule has 0 saturated carbocycles. The molecular formula is C14H19N3O3. The molecule has 0 saturated heterocycles. The summed E-state index contributed by atoms with van der Waals surface area (Å²) in [6.07, 6.45) is 0.706. The maximum atomic E-state index is 5.86. The molecule has 1 atom stereocenters. The Morgan fingerprint density at radius 3 is 2.80 bits per heavy atom. The topological polar surface area (TPSA) is 83.4 Å². The van der Waals surface area contributed by atoms with Crippen LogP contribution < -0.4 is 15.2 Å². The summed E-state index contributed by atoms with van der Waals surface area (Å²) in [4.78, 5) is 4.10. The molecule has 1 aromatic carbocycles. The summed E-state index contributed by atoms with van der Waals surface area (Å²) in [5.74, 6) is 2.36. The minimum atomic E-state index is 0.0388. The molecule has 0 aliphatic carbocycles. The van der Waals surface area contributed by atoms with Gasteiger partial charge in [0.15, 0.2) is 18.1 Å². The summed E-state index contributed by atoms with van der Waals surface area (Å²) in [6.45, 7) is 3.91. The Kier molecular flexibility index (Phi) is 4.57. The molecule has 0 amide bonds. The third kappa shape index (κ3) is 3.48. The molecule has 6 heteroatoms. The van der Waals surface area contributed by atoms with E-state index in [0.717, 1.165) is 5.56 Å². The van der Waals surface area contributed by atoms with Crippen molar-refractivity contribution in [3.63, 3.8) is 0 Å². The van der Waals surface area contributed by atoms with Gasteiger partial charge in [-0.2, -0.15) is 4.98 Å². The minimum Gasteiger partial charge on any atom is -0.493 e. The van der Waals surface area contributed by atoms with E-state index in [1.54, 1.807) is 14.0 Å². The first kappa shape index (κ1) is 14.3. The van der Waals surface area contributed by atoms with E-state index in [1.165, 1.54) is 0 Å². The van der Waals surface area contributed by atoms with Crippen molar-refractivity contribution in [2.24, 2.45) is 5.73 Å². The van der Waals surface area contributed by atoms with Crippen LogP contribution in [0, 0.1) is 6.92 Å². The average molecular weight is 277 g/mol.